The van der Waals surface area contributed by atoms with Crippen LogP contribution in [0.15, 0.2) is 42.5 Å². The second-order valence-corrected chi connectivity index (χ2v) is 9.99. The Morgan fingerprint density at radius 1 is 0.857 bits per heavy atom. The second-order valence-electron chi connectivity index (χ2n) is 8.88. The van der Waals surface area contributed by atoms with Gasteiger partial charge >= 0.3 is 0 Å². The molecule has 0 aliphatic rings. The Hall–Kier alpha value is -1.41. The molecule has 0 bridgehead atoms. The number of benzene rings is 2. The van der Waals surface area contributed by atoms with Gasteiger partial charge in [-0.1, -0.05) is 102 Å². The monoisotopic (exact) mass is 398 g/mol. The summed E-state index contributed by atoms with van der Waals surface area (Å²) >= 11 is 2.03. The minimum absolute atomic E-state index is 0.0600. The van der Waals surface area contributed by atoms with E-state index in [-0.39, 0.29) is 5.41 Å². The molecule has 0 aromatic heterocycles. The van der Waals surface area contributed by atoms with E-state index >= 15 is 0 Å². The largest absolute Gasteiger partial charge is 0.507 e. The molecular weight excluding hydrogens is 360 g/mol. The summed E-state index contributed by atoms with van der Waals surface area (Å²) in [6, 6.07) is 14.9. The van der Waals surface area contributed by atoms with Crippen molar-refractivity contribution in [3.63, 3.8) is 0 Å². The van der Waals surface area contributed by atoms with E-state index in [4.69, 9.17) is 0 Å². The highest BCUT2D eigenvalue weighted by Gasteiger charge is 2.21. The first-order valence-electron chi connectivity index (χ1n) is 10.9. The molecule has 0 aliphatic heterocycles. The van der Waals surface area contributed by atoms with Crippen LogP contribution in [0.1, 0.15) is 88.5 Å². The summed E-state index contributed by atoms with van der Waals surface area (Å²) < 4.78 is 0. The fourth-order valence-electron chi connectivity index (χ4n) is 3.54. The molecule has 1 N–H and O–H groups in total. The van der Waals surface area contributed by atoms with Crippen LogP contribution in [-0.4, -0.2) is 10.9 Å². The molecule has 0 unspecified atom stereocenters. The molecule has 2 aromatic rings. The lowest BCUT2D eigenvalue weighted by Crippen LogP contribution is -2.13. The molecule has 0 radical (unpaired) electrons. The Bertz CT molecular complexity index is 700. The molecule has 1 nitrogen and oxygen atoms in total. The Balaban J connectivity index is 2.02. The van der Waals surface area contributed by atoms with Crippen LogP contribution in [0.4, 0.5) is 0 Å². The minimum atomic E-state index is -0.0600. The summed E-state index contributed by atoms with van der Waals surface area (Å²) in [6.45, 7) is 8.82. The molecule has 0 spiro atoms. The number of phenolic OH excluding ortho intramolecular Hbond substituents is 1. The third-order valence-electron chi connectivity index (χ3n) is 5.21. The van der Waals surface area contributed by atoms with Gasteiger partial charge in [-0.05, 0) is 39.8 Å². The summed E-state index contributed by atoms with van der Waals surface area (Å²) in [4.78, 5) is 0. The summed E-state index contributed by atoms with van der Waals surface area (Å²) in [5, 5.41) is 10.9. The maximum Gasteiger partial charge on any atom is 0.122 e. The van der Waals surface area contributed by atoms with Crippen molar-refractivity contribution >= 4 is 11.8 Å². The average molecular weight is 399 g/mol. The van der Waals surface area contributed by atoms with Crippen LogP contribution in [0.5, 0.6) is 5.75 Å². The molecule has 2 heteroatoms. The number of phenols is 1. The van der Waals surface area contributed by atoms with Gasteiger partial charge in [0.15, 0.2) is 0 Å². The van der Waals surface area contributed by atoms with Gasteiger partial charge in [0.2, 0.25) is 0 Å². The van der Waals surface area contributed by atoms with Gasteiger partial charge in [-0.2, -0.15) is 11.8 Å². The van der Waals surface area contributed by atoms with Crippen LogP contribution in [0, 0.1) is 0 Å². The van der Waals surface area contributed by atoms with Gasteiger partial charge in [0, 0.05) is 12.2 Å². The van der Waals surface area contributed by atoms with Gasteiger partial charge in [0.25, 0.3) is 0 Å². The molecule has 0 atom stereocenters. The maximum atomic E-state index is 10.9. The average Bonchev–Trinajstić information content (AvgIpc) is 2.66. The maximum absolute atomic E-state index is 10.9. The van der Waals surface area contributed by atoms with Crippen molar-refractivity contribution in [3.05, 3.63) is 64.7 Å². The highest BCUT2D eigenvalue weighted by Crippen LogP contribution is 2.36. The lowest BCUT2D eigenvalue weighted by Gasteiger charge is -2.23. The molecule has 0 fully saturated rings. The van der Waals surface area contributed by atoms with Gasteiger partial charge in [0.05, 0.1) is 0 Å². The fourth-order valence-corrected chi connectivity index (χ4v) is 4.50. The zero-order valence-corrected chi connectivity index (χ0v) is 19.1. The van der Waals surface area contributed by atoms with Crippen molar-refractivity contribution in [1.29, 1.82) is 0 Å². The minimum Gasteiger partial charge on any atom is -0.507 e. The van der Waals surface area contributed by atoms with Gasteiger partial charge in [-0.25, -0.2) is 0 Å². The zero-order valence-electron chi connectivity index (χ0n) is 18.3. The van der Waals surface area contributed by atoms with E-state index in [1.165, 1.54) is 55.4 Å². The third kappa shape index (κ3) is 7.54. The molecule has 0 saturated carbocycles. The molecule has 2 aromatic carbocycles. The molecule has 2 rings (SSSR count). The van der Waals surface area contributed by atoms with E-state index in [9.17, 15) is 5.11 Å². The van der Waals surface area contributed by atoms with Gasteiger partial charge < -0.3 is 5.11 Å². The first-order valence-corrected chi connectivity index (χ1v) is 12.0. The predicted octanol–water partition coefficient (Wildman–Crippen LogP) is 7.87. The molecule has 0 aliphatic carbocycles. The highest BCUT2D eigenvalue weighted by atomic mass is 32.2. The topological polar surface area (TPSA) is 20.2 Å². The number of thioether (sulfide) groups is 1. The Labute approximate surface area is 177 Å². The first kappa shape index (κ1) is 22.9. The molecular formula is C26H38OS. The quantitative estimate of drug-likeness (QED) is 0.388. The van der Waals surface area contributed by atoms with Crippen LogP contribution in [0.2, 0.25) is 0 Å². The lowest BCUT2D eigenvalue weighted by atomic mass is 9.83. The Kier molecular flexibility index (Phi) is 9.44. The van der Waals surface area contributed by atoms with Crippen molar-refractivity contribution < 1.29 is 5.11 Å². The first-order chi connectivity index (χ1) is 13.4. The van der Waals surface area contributed by atoms with Crippen molar-refractivity contribution in [2.24, 2.45) is 0 Å². The zero-order chi connectivity index (χ0) is 20.4. The predicted molar refractivity (Wildman–Crippen MR) is 126 cm³/mol. The van der Waals surface area contributed by atoms with Crippen molar-refractivity contribution in [2.75, 3.05) is 5.75 Å². The van der Waals surface area contributed by atoms with E-state index in [1.807, 2.05) is 17.8 Å². The number of aromatic hydroxyl groups is 1. The van der Waals surface area contributed by atoms with Crippen molar-refractivity contribution in [3.8, 4) is 5.75 Å². The number of hydrogen-bond acceptors (Lipinski definition) is 2. The van der Waals surface area contributed by atoms with Crippen LogP contribution >= 0.6 is 11.8 Å². The highest BCUT2D eigenvalue weighted by molar-refractivity contribution is 7.98. The SMILES string of the molecule is CCCCCCCCSCc1cc(Cc2ccccc2)c(O)c(C(C)(C)C)c1. The number of unbranched alkanes of at least 4 members (excludes halogenated alkanes) is 5. The summed E-state index contributed by atoms with van der Waals surface area (Å²) in [6.07, 6.45) is 8.91. The Morgan fingerprint density at radius 2 is 1.54 bits per heavy atom. The smallest absolute Gasteiger partial charge is 0.122 e. The van der Waals surface area contributed by atoms with E-state index in [0.29, 0.717) is 5.75 Å². The molecule has 0 amide bonds. The second kappa shape index (κ2) is 11.6. The van der Waals surface area contributed by atoms with Gasteiger partial charge in [0.1, 0.15) is 5.75 Å². The van der Waals surface area contributed by atoms with Crippen molar-refractivity contribution in [2.45, 2.75) is 83.8 Å². The van der Waals surface area contributed by atoms with Crippen LogP contribution in [-0.2, 0) is 17.6 Å². The van der Waals surface area contributed by atoms with E-state index < -0.39 is 0 Å². The lowest BCUT2D eigenvalue weighted by molar-refractivity contribution is 0.441. The summed E-state index contributed by atoms with van der Waals surface area (Å²) in [5.41, 5.74) is 4.64. The third-order valence-corrected chi connectivity index (χ3v) is 6.32. The van der Waals surface area contributed by atoms with Crippen LogP contribution in [0.25, 0.3) is 0 Å². The van der Waals surface area contributed by atoms with Crippen LogP contribution in [0.3, 0.4) is 0 Å². The Morgan fingerprint density at radius 3 is 2.21 bits per heavy atom. The van der Waals surface area contributed by atoms with E-state index in [0.717, 1.165) is 23.3 Å². The molecule has 28 heavy (non-hydrogen) atoms. The fraction of sp³-hybridized carbons (Fsp3) is 0.538. The molecule has 154 valence electrons. The van der Waals surface area contributed by atoms with Crippen molar-refractivity contribution in [1.82, 2.24) is 0 Å². The molecule has 0 saturated heterocycles. The normalized spacial score (nSPS) is 11.7. The van der Waals surface area contributed by atoms with E-state index in [2.05, 4.69) is 64.1 Å². The summed E-state index contributed by atoms with van der Waals surface area (Å²) in [7, 11) is 0. The molecule has 0 heterocycles. The number of rotatable bonds is 11. The van der Waals surface area contributed by atoms with E-state index in [1.54, 1.807) is 0 Å². The van der Waals surface area contributed by atoms with Crippen LogP contribution < -0.4 is 0 Å². The standard InChI is InChI=1S/C26H38OS/c1-5-6-7-8-9-13-16-28-20-22-18-23(17-21-14-11-10-12-15-21)25(27)24(19-22)26(2,3)4/h10-12,14-15,18-19,27H,5-9,13,16-17,20H2,1-4H3. The van der Waals surface area contributed by atoms with Gasteiger partial charge in [-0.15, -0.1) is 0 Å². The van der Waals surface area contributed by atoms with Gasteiger partial charge in [-0.3, -0.25) is 0 Å². The summed E-state index contributed by atoms with van der Waals surface area (Å²) in [5.74, 6) is 2.73. The number of hydrogen-bond donors (Lipinski definition) is 1.